The van der Waals surface area contributed by atoms with Crippen molar-refractivity contribution in [1.82, 2.24) is 10.2 Å². The normalized spacial score (nSPS) is 30.6. The van der Waals surface area contributed by atoms with Gasteiger partial charge in [-0.1, -0.05) is 20.8 Å². The molecule has 5 heteroatoms. The highest BCUT2D eigenvalue weighted by atomic mass is 16.5. The fourth-order valence-corrected chi connectivity index (χ4v) is 3.16. The lowest BCUT2D eigenvalue weighted by Crippen LogP contribution is -2.65. The molecule has 2 amide bonds. The van der Waals surface area contributed by atoms with Crippen molar-refractivity contribution in [3.8, 4) is 0 Å². The van der Waals surface area contributed by atoms with Crippen LogP contribution in [0.4, 0.5) is 0 Å². The van der Waals surface area contributed by atoms with Crippen LogP contribution in [0.15, 0.2) is 0 Å². The summed E-state index contributed by atoms with van der Waals surface area (Å²) in [6, 6.07) is -0.765. The Morgan fingerprint density at radius 3 is 2.50 bits per heavy atom. The van der Waals surface area contributed by atoms with Crippen LogP contribution in [-0.4, -0.2) is 48.6 Å². The van der Waals surface area contributed by atoms with Gasteiger partial charge in [0.05, 0.1) is 0 Å². The molecule has 0 aliphatic carbocycles. The Balaban J connectivity index is 2.19. The standard InChI is InChI=1S/C15H26N2O3/c1-10(2)12-13(18)16-11(3)14(19)17(12)9-15(4)5-7-20-8-6-15/h10-12H,5-9H2,1-4H3,(H,16,18). The van der Waals surface area contributed by atoms with Crippen LogP contribution in [0.2, 0.25) is 0 Å². The van der Waals surface area contributed by atoms with E-state index < -0.39 is 6.04 Å². The van der Waals surface area contributed by atoms with Crippen molar-refractivity contribution < 1.29 is 14.3 Å². The maximum atomic E-state index is 12.5. The number of hydrogen-bond donors (Lipinski definition) is 1. The van der Waals surface area contributed by atoms with Gasteiger partial charge in [-0.15, -0.1) is 0 Å². The molecule has 2 atom stereocenters. The zero-order valence-electron chi connectivity index (χ0n) is 12.9. The van der Waals surface area contributed by atoms with Crippen LogP contribution in [0.25, 0.3) is 0 Å². The first-order chi connectivity index (χ1) is 9.34. The summed E-state index contributed by atoms with van der Waals surface area (Å²) >= 11 is 0. The van der Waals surface area contributed by atoms with Crippen molar-refractivity contribution in [2.75, 3.05) is 19.8 Å². The number of amides is 2. The predicted molar refractivity (Wildman–Crippen MR) is 76.1 cm³/mol. The van der Waals surface area contributed by atoms with Crippen LogP contribution in [0.3, 0.4) is 0 Å². The van der Waals surface area contributed by atoms with Gasteiger partial charge in [-0.25, -0.2) is 0 Å². The third-order valence-corrected chi connectivity index (χ3v) is 4.50. The van der Waals surface area contributed by atoms with Gasteiger partial charge in [-0.2, -0.15) is 0 Å². The molecule has 0 radical (unpaired) electrons. The summed E-state index contributed by atoms with van der Waals surface area (Å²) in [5.41, 5.74) is 0.0540. The second-order valence-electron chi connectivity index (χ2n) is 6.81. The monoisotopic (exact) mass is 282 g/mol. The van der Waals surface area contributed by atoms with E-state index in [0.717, 1.165) is 26.1 Å². The Labute approximate surface area is 121 Å². The van der Waals surface area contributed by atoms with Gasteiger partial charge < -0.3 is 15.0 Å². The Hall–Kier alpha value is -1.10. The van der Waals surface area contributed by atoms with E-state index in [1.807, 2.05) is 13.8 Å². The molecule has 0 aromatic rings. The Kier molecular flexibility index (Phi) is 4.37. The summed E-state index contributed by atoms with van der Waals surface area (Å²) < 4.78 is 5.41. The quantitative estimate of drug-likeness (QED) is 0.845. The van der Waals surface area contributed by atoms with E-state index in [9.17, 15) is 9.59 Å². The van der Waals surface area contributed by atoms with E-state index in [4.69, 9.17) is 4.74 Å². The summed E-state index contributed by atoms with van der Waals surface area (Å²) in [6.45, 7) is 10.1. The third-order valence-electron chi connectivity index (χ3n) is 4.50. The molecule has 0 aromatic heterocycles. The van der Waals surface area contributed by atoms with Crippen molar-refractivity contribution >= 4 is 11.8 Å². The second-order valence-corrected chi connectivity index (χ2v) is 6.81. The minimum atomic E-state index is -0.416. The van der Waals surface area contributed by atoms with E-state index >= 15 is 0 Å². The second kappa shape index (κ2) is 5.72. The van der Waals surface area contributed by atoms with Gasteiger partial charge in [0.1, 0.15) is 12.1 Å². The molecule has 0 spiro atoms. The van der Waals surface area contributed by atoms with Crippen molar-refractivity contribution in [3.63, 3.8) is 0 Å². The van der Waals surface area contributed by atoms with Crippen molar-refractivity contribution in [3.05, 3.63) is 0 Å². The number of hydrogen-bond acceptors (Lipinski definition) is 3. The zero-order chi connectivity index (χ0) is 14.9. The Morgan fingerprint density at radius 2 is 1.95 bits per heavy atom. The molecule has 2 saturated heterocycles. The molecule has 1 N–H and O–H groups in total. The first kappa shape index (κ1) is 15.3. The first-order valence-electron chi connectivity index (χ1n) is 7.53. The number of piperazine rings is 1. The van der Waals surface area contributed by atoms with Crippen molar-refractivity contribution in [2.45, 2.75) is 52.6 Å². The van der Waals surface area contributed by atoms with Crippen LogP contribution >= 0.6 is 0 Å². The summed E-state index contributed by atoms with van der Waals surface area (Å²) in [4.78, 5) is 26.5. The lowest BCUT2D eigenvalue weighted by Gasteiger charge is -2.45. The van der Waals surface area contributed by atoms with Gasteiger partial charge in [0.15, 0.2) is 0 Å². The molecular formula is C15H26N2O3. The van der Waals surface area contributed by atoms with Gasteiger partial charge in [0, 0.05) is 19.8 Å². The number of rotatable bonds is 3. The van der Waals surface area contributed by atoms with E-state index in [2.05, 4.69) is 12.2 Å². The number of ether oxygens (including phenoxy) is 1. The molecule has 2 unspecified atom stereocenters. The number of carbonyl (C=O) groups is 2. The van der Waals surface area contributed by atoms with E-state index in [0.29, 0.717) is 6.54 Å². The minimum Gasteiger partial charge on any atom is -0.381 e. The smallest absolute Gasteiger partial charge is 0.245 e. The predicted octanol–water partition coefficient (Wildman–Crippen LogP) is 1.17. The van der Waals surface area contributed by atoms with Gasteiger partial charge in [-0.3, -0.25) is 9.59 Å². The fourth-order valence-electron chi connectivity index (χ4n) is 3.16. The third kappa shape index (κ3) is 2.97. The highest BCUT2D eigenvalue weighted by Crippen LogP contribution is 2.33. The van der Waals surface area contributed by atoms with Crippen molar-refractivity contribution in [2.24, 2.45) is 11.3 Å². The van der Waals surface area contributed by atoms with Gasteiger partial charge >= 0.3 is 0 Å². The zero-order valence-corrected chi connectivity index (χ0v) is 12.9. The molecular weight excluding hydrogens is 256 g/mol. The van der Waals surface area contributed by atoms with Crippen LogP contribution in [0.5, 0.6) is 0 Å². The van der Waals surface area contributed by atoms with Gasteiger partial charge in [-0.05, 0) is 31.1 Å². The fraction of sp³-hybridized carbons (Fsp3) is 0.867. The van der Waals surface area contributed by atoms with Crippen LogP contribution < -0.4 is 5.32 Å². The largest absolute Gasteiger partial charge is 0.381 e. The molecule has 2 fully saturated rings. The molecule has 0 saturated carbocycles. The van der Waals surface area contributed by atoms with Crippen LogP contribution in [0.1, 0.15) is 40.5 Å². The van der Waals surface area contributed by atoms with Gasteiger partial charge in [0.25, 0.3) is 0 Å². The minimum absolute atomic E-state index is 0.0252. The SMILES string of the molecule is CC1NC(=O)C(C(C)C)N(CC2(C)CCOCC2)C1=O. The molecule has 2 rings (SSSR count). The molecule has 5 nitrogen and oxygen atoms in total. The summed E-state index contributed by atoms with van der Waals surface area (Å²) in [7, 11) is 0. The van der Waals surface area contributed by atoms with E-state index in [1.165, 1.54) is 0 Å². The van der Waals surface area contributed by atoms with Gasteiger partial charge in [0.2, 0.25) is 11.8 Å². The average Bonchev–Trinajstić information content (AvgIpc) is 2.35. The average molecular weight is 282 g/mol. The van der Waals surface area contributed by atoms with Crippen LogP contribution in [-0.2, 0) is 14.3 Å². The lowest BCUT2D eigenvalue weighted by molar-refractivity contribution is -0.153. The summed E-state index contributed by atoms with van der Waals surface area (Å²) in [6.07, 6.45) is 1.88. The highest BCUT2D eigenvalue weighted by molar-refractivity contribution is 5.96. The summed E-state index contributed by atoms with van der Waals surface area (Å²) in [5.74, 6) is 0.133. The molecule has 2 heterocycles. The maximum absolute atomic E-state index is 12.5. The van der Waals surface area contributed by atoms with E-state index in [-0.39, 0.29) is 29.2 Å². The molecule has 2 aliphatic heterocycles. The van der Waals surface area contributed by atoms with Crippen LogP contribution in [0, 0.1) is 11.3 Å². The van der Waals surface area contributed by atoms with E-state index in [1.54, 1.807) is 11.8 Å². The first-order valence-corrected chi connectivity index (χ1v) is 7.53. The maximum Gasteiger partial charge on any atom is 0.245 e. The Bertz CT molecular complexity index is 389. The Morgan fingerprint density at radius 1 is 1.35 bits per heavy atom. The highest BCUT2D eigenvalue weighted by Gasteiger charge is 2.43. The molecule has 114 valence electrons. The number of carbonyl (C=O) groups excluding carboxylic acids is 2. The summed E-state index contributed by atoms with van der Waals surface area (Å²) in [5, 5.41) is 2.79. The molecule has 0 aromatic carbocycles. The number of nitrogens with zero attached hydrogens (tertiary/aromatic N) is 1. The van der Waals surface area contributed by atoms with Crippen molar-refractivity contribution in [1.29, 1.82) is 0 Å². The lowest BCUT2D eigenvalue weighted by atomic mass is 9.80. The number of nitrogens with one attached hydrogen (secondary N) is 1. The molecule has 2 aliphatic rings. The molecule has 0 bridgehead atoms. The molecule has 20 heavy (non-hydrogen) atoms. The topological polar surface area (TPSA) is 58.6 Å².